The van der Waals surface area contributed by atoms with Crippen molar-refractivity contribution < 1.29 is 9.53 Å². The van der Waals surface area contributed by atoms with Crippen LogP contribution in [0.4, 0.5) is 0 Å². The number of hydrogen-bond acceptors (Lipinski definition) is 2. The molecular weight excluding hydrogens is 332 g/mol. The van der Waals surface area contributed by atoms with Crippen LogP contribution in [0.15, 0.2) is 48.5 Å². The van der Waals surface area contributed by atoms with E-state index in [9.17, 15) is 4.79 Å². The highest BCUT2D eigenvalue weighted by molar-refractivity contribution is 6.09. The second-order valence-electron chi connectivity index (χ2n) is 7.20. The van der Waals surface area contributed by atoms with Crippen LogP contribution in [0.3, 0.4) is 0 Å². The molecule has 2 rings (SSSR count). The lowest BCUT2D eigenvalue weighted by molar-refractivity contribution is 0.103. The smallest absolute Gasteiger partial charge is 0.193 e. The number of carbonyl (C=O) groups excluding carboxylic acids is 1. The Kier molecular flexibility index (Phi) is 9.68. The minimum Gasteiger partial charge on any atom is -0.494 e. The van der Waals surface area contributed by atoms with E-state index in [1.54, 1.807) is 0 Å². The Hall–Kier alpha value is -2.09. The molecule has 0 aliphatic carbocycles. The van der Waals surface area contributed by atoms with Crippen LogP contribution >= 0.6 is 0 Å². The summed E-state index contributed by atoms with van der Waals surface area (Å²) in [6.07, 6.45) is 11.3. The summed E-state index contributed by atoms with van der Waals surface area (Å²) in [4.78, 5) is 12.6. The van der Waals surface area contributed by atoms with Gasteiger partial charge in [0.15, 0.2) is 5.78 Å². The Morgan fingerprint density at radius 1 is 0.815 bits per heavy atom. The largest absolute Gasteiger partial charge is 0.494 e. The van der Waals surface area contributed by atoms with Crippen molar-refractivity contribution in [3.63, 3.8) is 0 Å². The Balaban J connectivity index is 1.65. The maximum Gasteiger partial charge on any atom is 0.193 e. The van der Waals surface area contributed by atoms with Crippen LogP contribution < -0.4 is 4.74 Å². The molecule has 0 aliphatic rings. The van der Waals surface area contributed by atoms with Gasteiger partial charge < -0.3 is 4.74 Å². The lowest BCUT2D eigenvalue weighted by Crippen LogP contribution is -2.04. The molecule has 1 radical (unpaired) electrons. The molecule has 2 heteroatoms. The molecule has 0 N–H and O–H groups in total. The van der Waals surface area contributed by atoms with Gasteiger partial charge in [-0.1, -0.05) is 82.6 Å². The quantitative estimate of drug-likeness (QED) is 0.283. The fourth-order valence-corrected chi connectivity index (χ4v) is 3.22. The number of benzene rings is 2. The van der Waals surface area contributed by atoms with Crippen molar-refractivity contribution in [2.24, 2.45) is 0 Å². The van der Waals surface area contributed by atoms with E-state index in [2.05, 4.69) is 6.92 Å². The van der Waals surface area contributed by atoms with Gasteiger partial charge in [-0.05, 0) is 43.2 Å². The van der Waals surface area contributed by atoms with Gasteiger partial charge in [-0.15, -0.1) is 0 Å². The van der Waals surface area contributed by atoms with Gasteiger partial charge in [0, 0.05) is 11.1 Å². The van der Waals surface area contributed by atoms with Crippen LogP contribution in [-0.2, 0) is 0 Å². The first-order valence-corrected chi connectivity index (χ1v) is 10.3. The van der Waals surface area contributed by atoms with E-state index in [4.69, 9.17) is 4.74 Å². The van der Waals surface area contributed by atoms with Crippen molar-refractivity contribution >= 4 is 5.78 Å². The molecule has 0 amide bonds. The maximum absolute atomic E-state index is 12.6. The van der Waals surface area contributed by atoms with Crippen molar-refractivity contribution in [2.75, 3.05) is 6.61 Å². The molecule has 0 unspecified atom stereocenters. The van der Waals surface area contributed by atoms with Crippen LogP contribution in [0.1, 0.15) is 79.3 Å². The number of unbranched alkanes of at least 4 members (excludes halogenated alkanes) is 8. The van der Waals surface area contributed by atoms with E-state index in [0.717, 1.165) is 36.3 Å². The number of ether oxygens (including phenoxy) is 1. The normalized spacial score (nSPS) is 10.7. The Labute approximate surface area is 165 Å². The zero-order valence-corrected chi connectivity index (χ0v) is 16.7. The monoisotopic (exact) mass is 365 g/mol. The third-order valence-electron chi connectivity index (χ3n) is 4.92. The van der Waals surface area contributed by atoms with Gasteiger partial charge in [0.05, 0.1) is 6.61 Å². The van der Waals surface area contributed by atoms with E-state index in [-0.39, 0.29) is 5.78 Å². The van der Waals surface area contributed by atoms with Crippen molar-refractivity contribution in [2.45, 2.75) is 64.7 Å². The summed E-state index contributed by atoms with van der Waals surface area (Å²) >= 11 is 0. The van der Waals surface area contributed by atoms with E-state index in [0.29, 0.717) is 5.56 Å². The molecule has 27 heavy (non-hydrogen) atoms. The van der Waals surface area contributed by atoms with E-state index in [1.807, 2.05) is 55.5 Å². The molecule has 0 spiro atoms. The van der Waals surface area contributed by atoms with Gasteiger partial charge in [-0.2, -0.15) is 0 Å². The minimum absolute atomic E-state index is 0.0647. The number of ketones is 1. The predicted molar refractivity (Wildman–Crippen MR) is 113 cm³/mol. The fraction of sp³-hybridized carbons (Fsp3) is 0.440. The van der Waals surface area contributed by atoms with Crippen LogP contribution in [-0.4, -0.2) is 12.4 Å². The second-order valence-corrected chi connectivity index (χ2v) is 7.20. The van der Waals surface area contributed by atoms with Gasteiger partial charge in [0.2, 0.25) is 0 Å². The first kappa shape index (κ1) is 21.2. The van der Waals surface area contributed by atoms with Crippen LogP contribution in [0.25, 0.3) is 0 Å². The highest BCUT2D eigenvalue weighted by atomic mass is 16.5. The molecule has 0 atom stereocenters. The molecule has 0 aliphatic heterocycles. The zero-order chi connectivity index (χ0) is 19.3. The summed E-state index contributed by atoms with van der Waals surface area (Å²) < 4.78 is 5.81. The van der Waals surface area contributed by atoms with E-state index in [1.165, 1.54) is 44.9 Å². The zero-order valence-electron chi connectivity index (χ0n) is 16.7. The molecule has 0 saturated carbocycles. The maximum atomic E-state index is 12.6. The molecule has 0 saturated heterocycles. The average Bonchev–Trinajstić information content (AvgIpc) is 2.70. The van der Waals surface area contributed by atoms with Crippen molar-refractivity contribution in [1.82, 2.24) is 0 Å². The fourth-order valence-electron chi connectivity index (χ4n) is 3.22. The summed E-state index contributed by atoms with van der Waals surface area (Å²) in [5, 5.41) is 0. The Morgan fingerprint density at radius 2 is 1.41 bits per heavy atom. The summed E-state index contributed by atoms with van der Waals surface area (Å²) in [6.45, 7) is 6.59. The van der Waals surface area contributed by atoms with Crippen molar-refractivity contribution in [1.29, 1.82) is 0 Å². The van der Waals surface area contributed by atoms with Crippen molar-refractivity contribution in [3.8, 4) is 5.75 Å². The third-order valence-corrected chi connectivity index (χ3v) is 4.92. The number of aryl methyl sites for hydroxylation is 1. The lowest BCUT2D eigenvalue weighted by Gasteiger charge is -2.08. The van der Waals surface area contributed by atoms with Crippen LogP contribution in [0.5, 0.6) is 5.75 Å². The summed E-state index contributed by atoms with van der Waals surface area (Å²) in [6, 6.07) is 15.2. The van der Waals surface area contributed by atoms with E-state index >= 15 is 0 Å². The summed E-state index contributed by atoms with van der Waals surface area (Å²) in [5.41, 5.74) is 2.47. The summed E-state index contributed by atoms with van der Waals surface area (Å²) in [5.74, 6) is 0.902. The van der Waals surface area contributed by atoms with Gasteiger partial charge >= 0.3 is 0 Å². The molecule has 0 fully saturated rings. The molecule has 0 bridgehead atoms. The number of rotatable bonds is 13. The molecule has 2 aromatic carbocycles. The SMILES string of the molecule is [CH2]CCCCCCCCCCOc1ccc(C(=O)c2ccccc2C)cc1. The first-order chi connectivity index (χ1) is 13.2. The molecular formula is C25H33O2. The lowest BCUT2D eigenvalue weighted by atomic mass is 9.99. The highest BCUT2D eigenvalue weighted by Gasteiger charge is 2.11. The van der Waals surface area contributed by atoms with Gasteiger partial charge in [0.25, 0.3) is 0 Å². The molecule has 0 heterocycles. The van der Waals surface area contributed by atoms with Crippen LogP contribution in [0.2, 0.25) is 0 Å². The molecule has 2 aromatic rings. The standard InChI is InChI=1S/C25H33O2/c1-3-4-5-6-7-8-9-10-13-20-27-23-18-16-22(17-19-23)25(26)24-15-12-11-14-21(24)2/h11-12,14-19H,1,3-10,13,20H2,2H3. The Morgan fingerprint density at radius 3 is 2.04 bits per heavy atom. The second kappa shape index (κ2) is 12.3. The molecule has 0 aromatic heterocycles. The summed E-state index contributed by atoms with van der Waals surface area (Å²) in [7, 11) is 0. The third kappa shape index (κ3) is 7.58. The first-order valence-electron chi connectivity index (χ1n) is 10.3. The van der Waals surface area contributed by atoms with Gasteiger partial charge in [0.1, 0.15) is 5.75 Å². The van der Waals surface area contributed by atoms with Gasteiger partial charge in [-0.25, -0.2) is 0 Å². The topological polar surface area (TPSA) is 26.3 Å². The van der Waals surface area contributed by atoms with Crippen LogP contribution in [0, 0.1) is 13.8 Å². The average molecular weight is 366 g/mol. The molecule has 2 nitrogen and oxygen atoms in total. The van der Waals surface area contributed by atoms with Gasteiger partial charge in [-0.3, -0.25) is 4.79 Å². The predicted octanol–water partition coefficient (Wildman–Crippen LogP) is 6.95. The minimum atomic E-state index is 0.0647. The highest BCUT2D eigenvalue weighted by Crippen LogP contribution is 2.18. The number of hydrogen-bond donors (Lipinski definition) is 0. The number of carbonyl (C=O) groups is 1. The Bertz CT molecular complexity index is 673. The van der Waals surface area contributed by atoms with E-state index < -0.39 is 0 Å². The molecule has 145 valence electrons. The van der Waals surface area contributed by atoms with Crippen molar-refractivity contribution in [3.05, 3.63) is 72.1 Å².